The van der Waals surface area contributed by atoms with Gasteiger partial charge in [0.25, 0.3) is 0 Å². The van der Waals surface area contributed by atoms with Crippen molar-refractivity contribution in [1.82, 2.24) is 0 Å². The summed E-state index contributed by atoms with van der Waals surface area (Å²) in [5.41, 5.74) is 4.91. The summed E-state index contributed by atoms with van der Waals surface area (Å²) in [5.74, 6) is -0.354. The second-order valence-corrected chi connectivity index (χ2v) is 2.66. The van der Waals surface area contributed by atoms with Crippen molar-refractivity contribution in [3.63, 3.8) is 0 Å². The highest BCUT2D eigenvalue weighted by atomic mass is 79.9. The summed E-state index contributed by atoms with van der Waals surface area (Å²) < 4.78 is 4.78. The van der Waals surface area contributed by atoms with Crippen LogP contribution in [0.2, 0.25) is 0 Å². The number of nitrogens with two attached hydrogens (primary N) is 1. The van der Waals surface area contributed by atoms with E-state index in [1.807, 2.05) is 0 Å². The molecule has 0 spiro atoms. The summed E-state index contributed by atoms with van der Waals surface area (Å²) >= 11 is 3.07. The van der Waals surface area contributed by atoms with Gasteiger partial charge in [0.15, 0.2) is 0 Å². The zero-order valence-electron chi connectivity index (χ0n) is 4.13. The van der Waals surface area contributed by atoms with Gasteiger partial charge < -0.3 is 10.5 Å². The van der Waals surface area contributed by atoms with Gasteiger partial charge in [-0.15, -0.1) is 0 Å². The van der Waals surface area contributed by atoms with Gasteiger partial charge in [0.05, 0.1) is 6.61 Å². The third-order valence-electron chi connectivity index (χ3n) is 0.957. The third kappa shape index (κ3) is 1.20. The maximum Gasteiger partial charge on any atom is 0.233 e. The molecule has 8 heavy (non-hydrogen) atoms. The Bertz CT molecular complexity index is 113. The van der Waals surface area contributed by atoms with Crippen molar-refractivity contribution in [3.8, 4) is 0 Å². The molecular weight excluding hydrogens is 174 g/mol. The number of halogens is 1. The second kappa shape index (κ2) is 2.03. The molecule has 0 aromatic carbocycles. The molecule has 1 aliphatic heterocycles. The first-order chi connectivity index (χ1) is 3.72. The van der Waals surface area contributed by atoms with Crippen LogP contribution in [0.5, 0.6) is 0 Å². The van der Waals surface area contributed by atoms with E-state index in [-0.39, 0.29) is 16.8 Å². The molecule has 4 heteroatoms. The Kier molecular flexibility index (Phi) is 1.53. The number of epoxide rings is 1. The summed E-state index contributed by atoms with van der Waals surface area (Å²) in [4.78, 5) is 9.99. The number of amides is 1. The molecule has 2 atom stereocenters. The van der Waals surface area contributed by atoms with Gasteiger partial charge in [-0.2, -0.15) is 0 Å². The molecule has 0 aliphatic carbocycles. The maximum absolute atomic E-state index is 10.3. The Labute approximate surface area is 55.3 Å². The summed E-state index contributed by atoms with van der Waals surface area (Å²) in [5, 5.41) is 0. The highest BCUT2D eigenvalue weighted by Gasteiger charge is 2.34. The molecule has 46 valence electrons. The van der Waals surface area contributed by atoms with Crippen molar-refractivity contribution in [2.24, 2.45) is 5.73 Å². The van der Waals surface area contributed by atoms with Gasteiger partial charge in [0.1, 0.15) is 10.9 Å². The standard InChI is InChI=1S/C4H6BrNO2/c5-3(4(6)7)2-1-8-2/h2-3H,1H2,(H2,6,7)/t2-,3-/m0/s1. The van der Waals surface area contributed by atoms with E-state index >= 15 is 0 Å². The highest BCUT2D eigenvalue weighted by Crippen LogP contribution is 2.19. The normalized spacial score (nSPS) is 29.4. The fraction of sp³-hybridized carbons (Fsp3) is 0.750. The van der Waals surface area contributed by atoms with Gasteiger partial charge in [0.2, 0.25) is 5.91 Å². The second-order valence-electron chi connectivity index (χ2n) is 1.68. The minimum Gasteiger partial charge on any atom is -0.371 e. The first-order valence-corrected chi connectivity index (χ1v) is 3.18. The Balaban J connectivity index is 2.32. The lowest BCUT2D eigenvalue weighted by Gasteiger charge is -1.95. The zero-order chi connectivity index (χ0) is 6.15. The third-order valence-corrected chi connectivity index (χ3v) is 2.00. The molecule has 0 aromatic rings. The van der Waals surface area contributed by atoms with E-state index in [0.717, 1.165) is 0 Å². The van der Waals surface area contributed by atoms with E-state index in [1.165, 1.54) is 0 Å². The number of hydrogen-bond acceptors (Lipinski definition) is 2. The lowest BCUT2D eigenvalue weighted by atomic mass is 10.3. The monoisotopic (exact) mass is 179 g/mol. The minimum atomic E-state index is -0.354. The summed E-state index contributed by atoms with van der Waals surface area (Å²) in [7, 11) is 0. The quantitative estimate of drug-likeness (QED) is 0.465. The lowest BCUT2D eigenvalue weighted by molar-refractivity contribution is -0.117. The van der Waals surface area contributed by atoms with Crippen LogP contribution in [0.3, 0.4) is 0 Å². The summed E-state index contributed by atoms with van der Waals surface area (Å²) in [6, 6.07) is 0. The van der Waals surface area contributed by atoms with Crippen LogP contribution in [0.15, 0.2) is 0 Å². The van der Waals surface area contributed by atoms with Gasteiger partial charge in [-0.3, -0.25) is 4.79 Å². The van der Waals surface area contributed by atoms with Crippen LogP contribution >= 0.6 is 15.9 Å². The van der Waals surface area contributed by atoms with Crippen molar-refractivity contribution in [2.75, 3.05) is 6.61 Å². The highest BCUT2D eigenvalue weighted by molar-refractivity contribution is 9.10. The molecule has 2 N–H and O–H groups in total. The molecule has 1 fully saturated rings. The average molecular weight is 180 g/mol. The van der Waals surface area contributed by atoms with E-state index in [0.29, 0.717) is 6.61 Å². The number of carbonyl (C=O) groups excluding carboxylic acids is 1. The minimum absolute atomic E-state index is 0.0347. The Morgan fingerprint density at radius 1 is 2.00 bits per heavy atom. The number of alkyl halides is 1. The smallest absolute Gasteiger partial charge is 0.233 e. The van der Waals surface area contributed by atoms with Gasteiger partial charge in [-0.05, 0) is 0 Å². The number of ether oxygens (including phenoxy) is 1. The molecule has 0 radical (unpaired) electrons. The molecule has 0 bridgehead atoms. The van der Waals surface area contributed by atoms with E-state index in [1.54, 1.807) is 0 Å². The van der Waals surface area contributed by atoms with Crippen molar-refractivity contribution >= 4 is 21.8 Å². The first-order valence-electron chi connectivity index (χ1n) is 2.27. The lowest BCUT2D eigenvalue weighted by Crippen LogP contribution is -2.27. The van der Waals surface area contributed by atoms with E-state index in [9.17, 15) is 4.79 Å². The Hall–Kier alpha value is -0.0900. The van der Waals surface area contributed by atoms with Gasteiger partial charge in [0, 0.05) is 0 Å². The van der Waals surface area contributed by atoms with Crippen molar-refractivity contribution in [1.29, 1.82) is 0 Å². The molecule has 3 nitrogen and oxygen atoms in total. The number of hydrogen-bond donors (Lipinski definition) is 1. The molecule has 0 aromatic heterocycles. The fourth-order valence-electron chi connectivity index (χ4n) is 0.408. The summed E-state index contributed by atoms with van der Waals surface area (Å²) in [6.07, 6.45) is 0.0347. The molecule has 1 amide bonds. The van der Waals surface area contributed by atoms with E-state index in [4.69, 9.17) is 10.5 Å². The van der Waals surface area contributed by atoms with E-state index in [2.05, 4.69) is 15.9 Å². The van der Waals surface area contributed by atoms with Crippen LogP contribution in [-0.2, 0) is 9.53 Å². The van der Waals surface area contributed by atoms with Crippen LogP contribution in [0, 0.1) is 0 Å². The maximum atomic E-state index is 10.3. The molecule has 1 aliphatic rings. The molecule has 0 unspecified atom stereocenters. The first kappa shape index (κ1) is 6.04. The molecule has 1 heterocycles. The Morgan fingerprint density at radius 3 is 2.62 bits per heavy atom. The molecule has 0 saturated carbocycles. The zero-order valence-corrected chi connectivity index (χ0v) is 5.72. The summed E-state index contributed by atoms with van der Waals surface area (Å²) in [6.45, 7) is 0.652. The molecule has 1 rings (SSSR count). The molecular formula is C4H6BrNO2. The van der Waals surface area contributed by atoms with Crippen molar-refractivity contribution < 1.29 is 9.53 Å². The number of rotatable bonds is 2. The van der Waals surface area contributed by atoms with Gasteiger partial charge >= 0.3 is 0 Å². The predicted molar refractivity (Wildman–Crippen MR) is 31.6 cm³/mol. The van der Waals surface area contributed by atoms with Crippen LogP contribution in [0.1, 0.15) is 0 Å². The SMILES string of the molecule is NC(=O)[C@@H](Br)[C@@H]1CO1. The topological polar surface area (TPSA) is 55.6 Å². The van der Waals surface area contributed by atoms with Crippen LogP contribution < -0.4 is 5.73 Å². The van der Waals surface area contributed by atoms with Crippen molar-refractivity contribution in [3.05, 3.63) is 0 Å². The molecule has 1 saturated heterocycles. The number of carbonyl (C=O) groups is 1. The fourth-order valence-corrected chi connectivity index (χ4v) is 0.713. The predicted octanol–water partition coefficient (Wildman–Crippen LogP) is -0.366. The number of primary amides is 1. The Morgan fingerprint density at radius 2 is 2.50 bits per heavy atom. The van der Waals surface area contributed by atoms with Crippen LogP contribution in [-0.4, -0.2) is 23.4 Å². The van der Waals surface area contributed by atoms with Gasteiger partial charge in [-0.25, -0.2) is 0 Å². The average Bonchev–Trinajstić information content (AvgIpc) is 2.43. The largest absolute Gasteiger partial charge is 0.371 e. The van der Waals surface area contributed by atoms with Crippen molar-refractivity contribution in [2.45, 2.75) is 10.9 Å². The van der Waals surface area contributed by atoms with Gasteiger partial charge in [-0.1, -0.05) is 15.9 Å². The van der Waals surface area contributed by atoms with Crippen LogP contribution in [0.4, 0.5) is 0 Å². The van der Waals surface area contributed by atoms with E-state index < -0.39 is 0 Å². The van der Waals surface area contributed by atoms with Crippen LogP contribution in [0.25, 0.3) is 0 Å².